The van der Waals surface area contributed by atoms with Gasteiger partial charge in [-0.2, -0.15) is 0 Å². The molecule has 0 bridgehead atoms. The van der Waals surface area contributed by atoms with Crippen LogP contribution in [0.5, 0.6) is 0 Å². The molecule has 1 fully saturated rings. The zero-order valence-corrected chi connectivity index (χ0v) is 14.8. The van der Waals surface area contributed by atoms with E-state index >= 15 is 0 Å². The number of anilines is 1. The Morgan fingerprint density at radius 2 is 1.92 bits per heavy atom. The summed E-state index contributed by atoms with van der Waals surface area (Å²) in [6, 6.07) is 5.61. The van der Waals surface area contributed by atoms with Crippen molar-refractivity contribution in [1.29, 1.82) is 0 Å². The van der Waals surface area contributed by atoms with Gasteiger partial charge in [0, 0.05) is 5.69 Å². The van der Waals surface area contributed by atoms with Crippen molar-refractivity contribution in [1.82, 2.24) is 25.6 Å². The Morgan fingerprint density at radius 3 is 2.62 bits per heavy atom. The molecular formula is C16H20ClFN6O2. The van der Waals surface area contributed by atoms with Crippen molar-refractivity contribution >= 4 is 29.9 Å². The first-order valence-corrected chi connectivity index (χ1v) is 8.08. The minimum Gasteiger partial charge on any atom is -0.342 e. The SMILES string of the molecule is Cl.O=C(CNC(=O)c1cn(C2CCNCC2)nn1)Nc1ccc(F)cc1. The number of nitrogens with one attached hydrogen (secondary N) is 3. The molecule has 1 aliphatic heterocycles. The number of benzene rings is 1. The minimum absolute atomic E-state index is 0. The summed E-state index contributed by atoms with van der Waals surface area (Å²) in [5.74, 6) is -1.26. The average Bonchev–Trinajstić information content (AvgIpc) is 3.13. The molecule has 1 saturated heterocycles. The summed E-state index contributed by atoms with van der Waals surface area (Å²) in [7, 11) is 0. The highest BCUT2D eigenvalue weighted by atomic mass is 35.5. The van der Waals surface area contributed by atoms with Crippen LogP contribution in [0, 0.1) is 5.82 Å². The Labute approximate surface area is 155 Å². The molecule has 3 rings (SSSR count). The van der Waals surface area contributed by atoms with Crippen LogP contribution in [-0.4, -0.2) is 46.4 Å². The highest BCUT2D eigenvalue weighted by Crippen LogP contribution is 2.17. The van der Waals surface area contributed by atoms with Gasteiger partial charge in [-0.05, 0) is 50.2 Å². The van der Waals surface area contributed by atoms with E-state index in [2.05, 4.69) is 26.3 Å². The van der Waals surface area contributed by atoms with Gasteiger partial charge in [0.15, 0.2) is 5.69 Å². The number of nitrogens with zero attached hydrogens (tertiary/aromatic N) is 3. The predicted octanol–water partition coefficient (Wildman–Crippen LogP) is 1.13. The van der Waals surface area contributed by atoms with Crippen LogP contribution >= 0.6 is 12.4 Å². The molecule has 0 spiro atoms. The summed E-state index contributed by atoms with van der Waals surface area (Å²) in [4.78, 5) is 23.9. The molecular weight excluding hydrogens is 363 g/mol. The maximum absolute atomic E-state index is 12.8. The quantitative estimate of drug-likeness (QED) is 0.719. The predicted molar refractivity (Wildman–Crippen MR) is 95.8 cm³/mol. The van der Waals surface area contributed by atoms with E-state index in [1.54, 1.807) is 10.9 Å². The lowest BCUT2D eigenvalue weighted by Gasteiger charge is -2.22. The Hall–Kier alpha value is -2.52. The van der Waals surface area contributed by atoms with E-state index in [1.165, 1.54) is 24.3 Å². The van der Waals surface area contributed by atoms with Crippen LogP contribution in [-0.2, 0) is 4.79 Å². The highest BCUT2D eigenvalue weighted by Gasteiger charge is 2.19. The van der Waals surface area contributed by atoms with Crippen molar-refractivity contribution in [2.75, 3.05) is 25.0 Å². The van der Waals surface area contributed by atoms with Crippen molar-refractivity contribution in [2.45, 2.75) is 18.9 Å². The lowest BCUT2D eigenvalue weighted by Crippen LogP contribution is -2.33. The van der Waals surface area contributed by atoms with E-state index in [0.29, 0.717) is 5.69 Å². The molecule has 3 N–H and O–H groups in total. The fourth-order valence-corrected chi connectivity index (χ4v) is 2.62. The maximum Gasteiger partial charge on any atom is 0.273 e. The second kappa shape index (κ2) is 9.25. The van der Waals surface area contributed by atoms with Crippen LogP contribution in [0.1, 0.15) is 29.4 Å². The number of halogens is 2. The molecule has 0 radical (unpaired) electrons. The second-order valence-corrected chi connectivity index (χ2v) is 5.80. The Morgan fingerprint density at radius 1 is 1.23 bits per heavy atom. The third-order valence-corrected chi connectivity index (χ3v) is 3.96. The third kappa shape index (κ3) is 5.24. The molecule has 2 aromatic rings. The Balaban J connectivity index is 0.00000243. The van der Waals surface area contributed by atoms with Gasteiger partial charge in [-0.25, -0.2) is 9.07 Å². The zero-order chi connectivity index (χ0) is 17.6. The summed E-state index contributed by atoms with van der Waals surface area (Å²) in [5.41, 5.74) is 0.630. The molecule has 1 aliphatic rings. The molecule has 2 heterocycles. The van der Waals surface area contributed by atoms with Crippen LogP contribution in [0.15, 0.2) is 30.5 Å². The molecule has 0 saturated carbocycles. The number of piperidine rings is 1. The van der Waals surface area contributed by atoms with Crippen molar-refractivity contribution in [3.05, 3.63) is 42.0 Å². The topological polar surface area (TPSA) is 101 Å². The molecule has 0 atom stereocenters. The maximum atomic E-state index is 12.8. The summed E-state index contributed by atoms with van der Waals surface area (Å²) in [6.45, 7) is 1.61. The van der Waals surface area contributed by atoms with Crippen molar-refractivity contribution in [3.8, 4) is 0 Å². The molecule has 1 aromatic heterocycles. The van der Waals surface area contributed by atoms with E-state index in [-0.39, 0.29) is 36.5 Å². The molecule has 8 nitrogen and oxygen atoms in total. The smallest absolute Gasteiger partial charge is 0.273 e. The summed E-state index contributed by atoms with van der Waals surface area (Å²) < 4.78 is 14.5. The summed E-state index contributed by atoms with van der Waals surface area (Å²) >= 11 is 0. The molecule has 1 aromatic carbocycles. The average molecular weight is 383 g/mol. The van der Waals surface area contributed by atoms with Crippen LogP contribution < -0.4 is 16.0 Å². The normalized spacial score (nSPS) is 14.3. The number of carbonyl (C=O) groups is 2. The summed E-state index contributed by atoms with van der Waals surface area (Å²) in [6.07, 6.45) is 3.47. The molecule has 26 heavy (non-hydrogen) atoms. The van der Waals surface area contributed by atoms with Gasteiger partial charge in [-0.15, -0.1) is 17.5 Å². The first-order valence-electron chi connectivity index (χ1n) is 8.08. The lowest BCUT2D eigenvalue weighted by molar-refractivity contribution is -0.115. The fraction of sp³-hybridized carbons (Fsp3) is 0.375. The third-order valence-electron chi connectivity index (χ3n) is 3.96. The first kappa shape index (κ1) is 19.8. The van der Waals surface area contributed by atoms with E-state index in [1.807, 2.05) is 0 Å². The van der Waals surface area contributed by atoms with Gasteiger partial charge < -0.3 is 16.0 Å². The monoisotopic (exact) mass is 382 g/mol. The first-order chi connectivity index (χ1) is 12.1. The second-order valence-electron chi connectivity index (χ2n) is 5.80. The van der Waals surface area contributed by atoms with E-state index < -0.39 is 11.8 Å². The fourth-order valence-electron chi connectivity index (χ4n) is 2.62. The van der Waals surface area contributed by atoms with E-state index in [0.717, 1.165) is 25.9 Å². The molecule has 10 heteroatoms. The highest BCUT2D eigenvalue weighted by molar-refractivity contribution is 5.98. The molecule has 0 unspecified atom stereocenters. The number of hydrogen-bond donors (Lipinski definition) is 3. The summed E-state index contributed by atoms with van der Waals surface area (Å²) in [5, 5.41) is 16.2. The standard InChI is InChI=1S/C16H19FN6O2.ClH/c17-11-1-3-12(4-2-11)20-15(24)9-19-16(25)14-10-23(22-21-14)13-5-7-18-8-6-13;/h1-4,10,13,18H,5-9H2,(H,19,25)(H,20,24);1H. The van der Waals surface area contributed by atoms with Crippen LogP contribution in [0.3, 0.4) is 0 Å². The number of carbonyl (C=O) groups excluding carboxylic acids is 2. The molecule has 0 aliphatic carbocycles. The lowest BCUT2D eigenvalue weighted by atomic mass is 10.1. The van der Waals surface area contributed by atoms with Crippen molar-refractivity contribution in [2.24, 2.45) is 0 Å². The van der Waals surface area contributed by atoms with E-state index in [4.69, 9.17) is 0 Å². The Kier molecular flexibility index (Phi) is 7.05. The number of rotatable bonds is 5. The largest absolute Gasteiger partial charge is 0.342 e. The minimum atomic E-state index is -0.463. The Bertz CT molecular complexity index is 745. The van der Waals surface area contributed by atoms with Gasteiger partial charge in [-0.3, -0.25) is 9.59 Å². The molecule has 2 amide bonds. The van der Waals surface area contributed by atoms with Crippen molar-refractivity contribution < 1.29 is 14.0 Å². The number of aromatic nitrogens is 3. The van der Waals surface area contributed by atoms with Crippen molar-refractivity contribution in [3.63, 3.8) is 0 Å². The zero-order valence-electron chi connectivity index (χ0n) is 13.9. The van der Waals surface area contributed by atoms with E-state index in [9.17, 15) is 14.0 Å². The van der Waals surface area contributed by atoms with Gasteiger partial charge in [0.1, 0.15) is 5.82 Å². The van der Waals surface area contributed by atoms with Gasteiger partial charge in [-0.1, -0.05) is 5.21 Å². The molecule has 140 valence electrons. The van der Waals surface area contributed by atoms with Gasteiger partial charge in [0.25, 0.3) is 5.91 Å². The van der Waals surface area contributed by atoms with Crippen LogP contribution in [0.2, 0.25) is 0 Å². The number of hydrogen-bond acceptors (Lipinski definition) is 5. The van der Waals surface area contributed by atoms with Gasteiger partial charge in [0.05, 0.1) is 18.8 Å². The van der Waals surface area contributed by atoms with Gasteiger partial charge in [0.2, 0.25) is 5.91 Å². The van der Waals surface area contributed by atoms with Crippen LogP contribution in [0.4, 0.5) is 10.1 Å². The van der Waals surface area contributed by atoms with Gasteiger partial charge >= 0.3 is 0 Å². The number of amides is 2. The van der Waals surface area contributed by atoms with Crippen LogP contribution in [0.25, 0.3) is 0 Å².